The Bertz CT molecular complexity index is 343. The highest BCUT2D eigenvalue weighted by Crippen LogP contribution is 2.23. The normalized spacial score (nSPS) is 16.1. The Hall–Kier alpha value is -0.820. The SMILES string of the molecule is CCCC(N)CCc1ccc2c(c1)CCC2. The molecule has 0 spiro atoms. The molecule has 0 saturated heterocycles. The summed E-state index contributed by atoms with van der Waals surface area (Å²) < 4.78 is 0. The van der Waals surface area contributed by atoms with E-state index in [2.05, 4.69) is 25.1 Å². The van der Waals surface area contributed by atoms with Crippen LogP contribution in [0, 0.1) is 0 Å². The Morgan fingerprint density at radius 1 is 1.19 bits per heavy atom. The molecule has 16 heavy (non-hydrogen) atoms. The highest BCUT2D eigenvalue weighted by molar-refractivity contribution is 5.35. The van der Waals surface area contributed by atoms with Crippen LogP contribution in [0.1, 0.15) is 49.3 Å². The fraction of sp³-hybridized carbons (Fsp3) is 0.600. The second kappa shape index (κ2) is 5.49. The van der Waals surface area contributed by atoms with Crippen molar-refractivity contribution in [1.82, 2.24) is 0 Å². The van der Waals surface area contributed by atoms with E-state index in [1.54, 1.807) is 11.1 Å². The van der Waals surface area contributed by atoms with Gasteiger partial charge in [-0.2, -0.15) is 0 Å². The van der Waals surface area contributed by atoms with Crippen LogP contribution < -0.4 is 5.73 Å². The van der Waals surface area contributed by atoms with Crippen LogP contribution >= 0.6 is 0 Å². The molecule has 2 N–H and O–H groups in total. The van der Waals surface area contributed by atoms with Gasteiger partial charge in [0.1, 0.15) is 0 Å². The van der Waals surface area contributed by atoms with E-state index in [4.69, 9.17) is 5.73 Å². The van der Waals surface area contributed by atoms with Crippen LogP contribution in [-0.2, 0) is 19.3 Å². The Balaban J connectivity index is 1.90. The van der Waals surface area contributed by atoms with Gasteiger partial charge in [0.05, 0.1) is 0 Å². The predicted molar refractivity (Wildman–Crippen MR) is 69.7 cm³/mol. The molecule has 88 valence electrons. The Labute approximate surface area is 99.0 Å². The van der Waals surface area contributed by atoms with E-state index in [1.807, 2.05) is 0 Å². The maximum Gasteiger partial charge on any atom is 0.00418 e. The minimum Gasteiger partial charge on any atom is -0.328 e. The highest BCUT2D eigenvalue weighted by atomic mass is 14.6. The van der Waals surface area contributed by atoms with E-state index < -0.39 is 0 Å². The lowest BCUT2D eigenvalue weighted by molar-refractivity contribution is 0.561. The lowest BCUT2D eigenvalue weighted by Gasteiger charge is -2.10. The van der Waals surface area contributed by atoms with Gasteiger partial charge in [0, 0.05) is 6.04 Å². The number of rotatable bonds is 5. The second-order valence-corrected chi connectivity index (χ2v) is 5.04. The zero-order chi connectivity index (χ0) is 11.4. The van der Waals surface area contributed by atoms with Gasteiger partial charge in [0.25, 0.3) is 0 Å². The maximum absolute atomic E-state index is 6.04. The Kier molecular flexibility index (Phi) is 4.00. The van der Waals surface area contributed by atoms with Gasteiger partial charge in [-0.15, -0.1) is 0 Å². The van der Waals surface area contributed by atoms with Gasteiger partial charge in [-0.1, -0.05) is 31.5 Å². The summed E-state index contributed by atoms with van der Waals surface area (Å²) in [5.41, 5.74) is 10.7. The minimum absolute atomic E-state index is 0.387. The molecule has 0 radical (unpaired) electrons. The van der Waals surface area contributed by atoms with Crippen LogP contribution in [0.5, 0.6) is 0 Å². The first-order chi connectivity index (χ1) is 7.79. The molecular formula is C15H23N. The van der Waals surface area contributed by atoms with Gasteiger partial charge in [-0.3, -0.25) is 0 Å². The van der Waals surface area contributed by atoms with Crippen molar-refractivity contribution in [3.05, 3.63) is 34.9 Å². The molecule has 0 aliphatic heterocycles. The summed E-state index contributed by atoms with van der Waals surface area (Å²) in [6.07, 6.45) is 8.54. The highest BCUT2D eigenvalue weighted by Gasteiger charge is 2.11. The summed E-state index contributed by atoms with van der Waals surface area (Å²) in [4.78, 5) is 0. The third kappa shape index (κ3) is 2.85. The van der Waals surface area contributed by atoms with Gasteiger partial charge >= 0.3 is 0 Å². The van der Waals surface area contributed by atoms with Crippen LogP contribution in [-0.4, -0.2) is 6.04 Å². The summed E-state index contributed by atoms with van der Waals surface area (Å²) >= 11 is 0. The average molecular weight is 217 g/mol. The first kappa shape index (κ1) is 11.7. The van der Waals surface area contributed by atoms with Crippen LogP contribution in [0.2, 0.25) is 0 Å². The lowest BCUT2D eigenvalue weighted by atomic mass is 9.99. The molecule has 1 atom stereocenters. The Morgan fingerprint density at radius 3 is 2.81 bits per heavy atom. The van der Waals surface area contributed by atoms with Gasteiger partial charge in [-0.05, 0) is 55.2 Å². The first-order valence-corrected chi connectivity index (χ1v) is 6.66. The smallest absolute Gasteiger partial charge is 0.00418 e. The van der Waals surface area contributed by atoms with Crippen molar-refractivity contribution in [2.45, 2.75) is 57.9 Å². The number of aryl methyl sites for hydroxylation is 3. The fourth-order valence-corrected chi connectivity index (χ4v) is 2.65. The van der Waals surface area contributed by atoms with Crippen molar-refractivity contribution in [3.63, 3.8) is 0 Å². The minimum atomic E-state index is 0.387. The van der Waals surface area contributed by atoms with E-state index in [9.17, 15) is 0 Å². The van der Waals surface area contributed by atoms with Gasteiger partial charge < -0.3 is 5.73 Å². The molecule has 1 aromatic rings. The molecule has 0 heterocycles. The molecule has 0 saturated carbocycles. The molecule has 0 fully saturated rings. The van der Waals surface area contributed by atoms with E-state index in [0.717, 1.165) is 19.3 Å². The Morgan fingerprint density at radius 2 is 2.00 bits per heavy atom. The number of hydrogen-bond acceptors (Lipinski definition) is 1. The molecule has 1 nitrogen and oxygen atoms in total. The average Bonchev–Trinajstić information content (AvgIpc) is 2.74. The quantitative estimate of drug-likeness (QED) is 0.805. The molecule has 0 amide bonds. The van der Waals surface area contributed by atoms with E-state index in [-0.39, 0.29) is 0 Å². The largest absolute Gasteiger partial charge is 0.328 e. The van der Waals surface area contributed by atoms with E-state index in [0.29, 0.717) is 6.04 Å². The zero-order valence-corrected chi connectivity index (χ0v) is 10.3. The standard InChI is InChI=1S/C15H23N/c1-2-4-15(16)10-8-12-7-9-13-5-3-6-14(13)11-12/h7,9,11,15H,2-6,8,10,16H2,1H3. The third-order valence-corrected chi connectivity index (χ3v) is 3.63. The summed E-state index contributed by atoms with van der Waals surface area (Å²) in [6, 6.07) is 7.41. The van der Waals surface area contributed by atoms with Crippen molar-refractivity contribution in [3.8, 4) is 0 Å². The second-order valence-electron chi connectivity index (χ2n) is 5.04. The maximum atomic E-state index is 6.04. The number of nitrogens with two attached hydrogens (primary N) is 1. The van der Waals surface area contributed by atoms with Gasteiger partial charge in [0.2, 0.25) is 0 Å². The van der Waals surface area contributed by atoms with Crippen LogP contribution in [0.25, 0.3) is 0 Å². The monoisotopic (exact) mass is 217 g/mol. The summed E-state index contributed by atoms with van der Waals surface area (Å²) in [7, 11) is 0. The summed E-state index contributed by atoms with van der Waals surface area (Å²) in [6.45, 7) is 2.20. The number of benzene rings is 1. The van der Waals surface area contributed by atoms with Gasteiger partial charge in [-0.25, -0.2) is 0 Å². The van der Waals surface area contributed by atoms with Crippen molar-refractivity contribution in [1.29, 1.82) is 0 Å². The van der Waals surface area contributed by atoms with Crippen LogP contribution in [0.4, 0.5) is 0 Å². The van der Waals surface area contributed by atoms with E-state index in [1.165, 1.54) is 31.2 Å². The van der Waals surface area contributed by atoms with Gasteiger partial charge in [0.15, 0.2) is 0 Å². The first-order valence-electron chi connectivity index (χ1n) is 6.66. The molecule has 1 aliphatic rings. The van der Waals surface area contributed by atoms with Crippen LogP contribution in [0.15, 0.2) is 18.2 Å². The molecule has 1 aromatic carbocycles. The van der Waals surface area contributed by atoms with Crippen molar-refractivity contribution >= 4 is 0 Å². The molecule has 1 aliphatic carbocycles. The molecular weight excluding hydrogens is 194 g/mol. The number of hydrogen-bond donors (Lipinski definition) is 1. The summed E-state index contributed by atoms with van der Waals surface area (Å²) in [5.74, 6) is 0. The lowest BCUT2D eigenvalue weighted by Crippen LogP contribution is -2.20. The molecule has 0 aromatic heterocycles. The molecule has 1 unspecified atom stereocenters. The summed E-state index contributed by atoms with van der Waals surface area (Å²) in [5, 5.41) is 0. The predicted octanol–water partition coefficient (Wildman–Crippen LogP) is 3.24. The van der Waals surface area contributed by atoms with Crippen molar-refractivity contribution in [2.75, 3.05) is 0 Å². The van der Waals surface area contributed by atoms with E-state index >= 15 is 0 Å². The zero-order valence-electron chi connectivity index (χ0n) is 10.3. The molecule has 1 heteroatoms. The topological polar surface area (TPSA) is 26.0 Å². The van der Waals surface area contributed by atoms with Crippen molar-refractivity contribution in [2.24, 2.45) is 5.73 Å². The van der Waals surface area contributed by atoms with Crippen molar-refractivity contribution < 1.29 is 0 Å². The van der Waals surface area contributed by atoms with Crippen LogP contribution in [0.3, 0.4) is 0 Å². The molecule has 2 rings (SSSR count). The third-order valence-electron chi connectivity index (χ3n) is 3.63. The fourth-order valence-electron chi connectivity index (χ4n) is 2.65. The number of fused-ring (bicyclic) bond motifs is 1. The molecule has 0 bridgehead atoms.